The molecule has 0 N–H and O–H groups in total. The lowest BCUT2D eigenvalue weighted by atomic mass is 9.96. The van der Waals surface area contributed by atoms with Crippen LogP contribution < -0.4 is 0 Å². The van der Waals surface area contributed by atoms with E-state index in [4.69, 9.17) is 0 Å². The molecule has 0 aliphatic rings. The van der Waals surface area contributed by atoms with E-state index in [1.165, 1.54) is 27.8 Å². The molecule has 0 amide bonds. The molecule has 2 rings (SSSR count). The van der Waals surface area contributed by atoms with Crippen LogP contribution in [-0.4, -0.2) is 0 Å². The zero-order chi connectivity index (χ0) is 14.5. The van der Waals surface area contributed by atoms with Gasteiger partial charge in [-0.05, 0) is 27.8 Å². The van der Waals surface area contributed by atoms with E-state index in [9.17, 15) is 0 Å². The Morgan fingerprint density at radius 1 is 0.750 bits per heavy atom. The Balaban J connectivity index is 2.49. The van der Waals surface area contributed by atoms with E-state index in [1.54, 1.807) is 0 Å². The maximum Gasteiger partial charge on any atom is 0.0650 e. The SMILES string of the molecule is BrCc1ccc(CBr)c(C(Br)c2ccccc2CBr)c1. The van der Waals surface area contributed by atoms with Gasteiger partial charge in [0.05, 0.1) is 4.83 Å². The Hall–Kier alpha value is 0.360. The van der Waals surface area contributed by atoms with Gasteiger partial charge in [0.25, 0.3) is 0 Å². The summed E-state index contributed by atoms with van der Waals surface area (Å²) < 4.78 is 0. The topological polar surface area (TPSA) is 0 Å². The summed E-state index contributed by atoms with van der Waals surface area (Å²) in [5.41, 5.74) is 6.58. The normalized spacial score (nSPS) is 12.4. The number of alkyl halides is 4. The molecule has 0 saturated carbocycles. The van der Waals surface area contributed by atoms with E-state index in [-0.39, 0.29) is 4.83 Å². The van der Waals surface area contributed by atoms with E-state index in [0.29, 0.717) is 0 Å². The zero-order valence-electron chi connectivity index (χ0n) is 10.8. The second kappa shape index (κ2) is 8.11. The third-order valence-corrected chi connectivity index (χ3v) is 6.10. The van der Waals surface area contributed by atoms with Gasteiger partial charge in [-0.1, -0.05) is 106 Å². The lowest BCUT2D eigenvalue weighted by Crippen LogP contribution is -2.01. The predicted octanol–water partition coefficient (Wildman–Crippen LogP) is 6.86. The summed E-state index contributed by atoms with van der Waals surface area (Å²) in [6, 6.07) is 15.2. The second-order valence-electron chi connectivity index (χ2n) is 4.50. The third kappa shape index (κ3) is 3.76. The van der Waals surface area contributed by atoms with Crippen molar-refractivity contribution in [3.63, 3.8) is 0 Å². The van der Waals surface area contributed by atoms with E-state index in [1.807, 2.05) is 0 Å². The molecule has 0 aliphatic carbocycles. The average molecular weight is 526 g/mol. The molecule has 0 radical (unpaired) electrons. The van der Waals surface area contributed by atoms with Crippen molar-refractivity contribution in [3.05, 3.63) is 70.3 Å². The fourth-order valence-corrected chi connectivity index (χ4v) is 4.40. The van der Waals surface area contributed by atoms with Crippen LogP contribution >= 0.6 is 63.7 Å². The molecule has 20 heavy (non-hydrogen) atoms. The van der Waals surface area contributed by atoms with Crippen molar-refractivity contribution in [2.24, 2.45) is 0 Å². The molecule has 1 unspecified atom stereocenters. The van der Waals surface area contributed by atoms with Crippen molar-refractivity contribution >= 4 is 63.7 Å². The van der Waals surface area contributed by atoms with Crippen LogP contribution in [-0.2, 0) is 16.0 Å². The van der Waals surface area contributed by atoms with Gasteiger partial charge in [0.15, 0.2) is 0 Å². The Morgan fingerprint density at radius 2 is 1.40 bits per heavy atom. The van der Waals surface area contributed by atoms with Crippen molar-refractivity contribution in [2.45, 2.75) is 20.8 Å². The minimum atomic E-state index is 0.211. The molecule has 0 spiro atoms. The lowest BCUT2D eigenvalue weighted by Gasteiger charge is -2.18. The van der Waals surface area contributed by atoms with Crippen LogP contribution in [0.15, 0.2) is 42.5 Å². The van der Waals surface area contributed by atoms with Gasteiger partial charge in [0, 0.05) is 16.0 Å². The monoisotopic (exact) mass is 522 g/mol. The molecule has 2 aromatic rings. The first-order valence-corrected chi connectivity index (χ1v) is 10.5. The van der Waals surface area contributed by atoms with Gasteiger partial charge in [-0.2, -0.15) is 0 Å². The zero-order valence-corrected chi connectivity index (χ0v) is 17.1. The van der Waals surface area contributed by atoms with Crippen LogP contribution in [0.25, 0.3) is 0 Å². The van der Waals surface area contributed by atoms with Crippen molar-refractivity contribution in [2.75, 3.05) is 0 Å². The smallest absolute Gasteiger partial charge is 0.0650 e. The van der Waals surface area contributed by atoms with E-state index < -0.39 is 0 Å². The summed E-state index contributed by atoms with van der Waals surface area (Å²) in [5, 5.41) is 2.61. The van der Waals surface area contributed by atoms with Crippen molar-refractivity contribution < 1.29 is 0 Å². The molecule has 0 fully saturated rings. The van der Waals surface area contributed by atoms with Gasteiger partial charge in [0.2, 0.25) is 0 Å². The third-order valence-electron chi connectivity index (χ3n) is 3.25. The maximum atomic E-state index is 3.88. The standard InChI is InChI=1S/C16H14Br4/c17-8-11-5-6-13(10-19)15(7-11)16(20)14-4-2-1-3-12(14)9-18/h1-7,16H,8-10H2. The fourth-order valence-electron chi connectivity index (χ4n) is 2.16. The largest absolute Gasteiger partial charge is 0.0876 e. The van der Waals surface area contributed by atoms with Crippen LogP contribution in [0.2, 0.25) is 0 Å². The van der Waals surface area contributed by atoms with Crippen LogP contribution in [0.4, 0.5) is 0 Å². The molecule has 4 heteroatoms. The molecular formula is C16H14Br4. The van der Waals surface area contributed by atoms with Crippen LogP contribution in [0, 0.1) is 0 Å². The highest BCUT2D eigenvalue weighted by Gasteiger charge is 2.17. The Kier molecular flexibility index (Phi) is 6.79. The minimum absolute atomic E-state index is 0.211. The summed E-state index contributed by atoms with van der Waals surface area (Å²) in [7, 11) is 0. The lowest BCUT2D eigenvalue weighted by molar-refractivity contribution is 1.10. The molecule has 0 saturated heterocycles. The van der Waals surface area contributed by atoms with Crippen molar-refractivity contribution in [1.29, 1.82) is 0 Å². The fraction of sp³-hybridized carbons (Fsp3) is 0.250. The highest BCUT2D eigenvalue weighted by molar-refractivity contribution is 9.09. The van der Waals surface area contributed by atoms with Gasteiger partial charge in [-0.3, -0.25) is 0 Å². The van der Waals surface area contributed by atoms with Crippen LogP contribution in [0.3, 0.4) is 0 Å². The van der Waals surface area contributed by atoms with E-state index in [0.717, 1.165) is 16.0 Å². The Labute approximate surface area is 153 Å². The first kappa shape index (κ1) is 16.7. The molecule has 1 atom stereocenters. The summed E-state index contributed by atoms with van der Waals surface area (Å²) >= 11 is 14.6. The molecular weight excluding hydrogens is 512 g/mol. The first-order valence-electron chi connectivity index (χ1n) is 6.22. The summed E-state index contributed by atoms with van der Waals surface area (Å²) in [4.78, 5) is 0.211. The van der Waals surface area contributed by atoms with E-state index >= 15 is 0 Å². The Bertz CT molecular complexity index is 580. The number of benzene rings is 2. The summed E-state index contributed by atoms with van der Waals surface area (Å²) in [6.07, 6.45) is 0. The molecule has 0 heterocycles. The predicted molar refractivity (Wildman–Crippen MR) is 102 cm³/mol. The molecule has 0 nitrogen and oxygen atoms in total. The molecule has 0 aromatic heterocycles. The van der Waals surface area contributed by atoms with Gasteiger partial charge in [-0.25, -0.2) is 0 Å². The van der Waals surface area contributed by atoms with Crippen molar-refractivity contribution in [1.82, 2.24) is 0 Å². The van der Waals surface area contributed by atoms with Crippen LogP contribution in [0.1, 0.15) is 32.6 Å². The first-order chi connectivity index (χ1) is 9.71. The second-order valence-corrected chi connectivity index (χ2v) is 7.09. The highest BCUT2D eigenvalue weighted by atomic mass is 79.9. The maximum absolute atomic E-state index is 3.88. The molecule has 106 valence electrons. The quantitative estimate of drug-likeness (QED) is 0.374. The van der Waals surface area contributed by atoms with Crippen LogP contribution in [0.5, 0.6) is 0 Å². The molecule has 2 aromatic carbocycles. The molecule has 0 aliphatic heterocycles. The number of hydrogen-bond donors (Lipinski definition) is 0. The highest BCUT2D eigenvalue weighted by Crippen LogP contribution is 2.37. The van der Waals surface area contributed by atoms with Gasteiger partial charge in [0.1, 0.15) is 0 Å². The average Bonchev–Trinajstić information content (AvgIpc) is 2.53. The number of rotatable bonds is 5. The summed E-state index contributed by atoms with van der Waals surface area (Å²) in [6.45, 7) is 0. The molecule has 0 bridgehead atoms. The van der Waals surface area contributed by atoms with Crippen molar-refractivity contribution in [3.8, 4) is 0 Å². The summed E-state index contributed by atoms with van der Waals surface area (Å²) in [5.74, 6) is 0. The van der Waals surface area contributed by atoms with Gasteiger partial charge >= 0.3 is 0 Å². The van der Waals surface area contributed by atoms with E-state index in [2.05, 4.69) is 106 Å². The number of halogens is 4. The van der Waals surface area contributed by atoms with Gasteiger partial charge in [-0.15, -0.1) is 0 Å². The Morgan fingerprint density at radius 3 is 2.05 bits per heavy atom. The number of hydrogen-bond acceptors (Lipinski definition) is 0. The minimum Gasteiger partial charge on any atom is -0.0876 e. The van der Waals surface area contributed by atoms with Gasteiger partial charge < -0.3 is 0 Å².